The predicted octanol–water partition coefficient (Wildman–Crippen LogP) is 1.87. The van der Waals surface area contributed by atoms with Gasteiger partial charge in [-0.2, -0.15) is 0 Å². The number of hydrogen-bond donors (Lipinski definition) is 2. The van der Waals surface area contributed by atoms with Crippen molar-refractivity contribution in [1.82, 2.24) is 10.6 Å². The number of rotatable bonds is 4. The van der Waals surface area contributed by atoms with Crippen LogP contribution in [0.15, 0.2) is 0 Å². The number of halogens is 1. The van der Waals surface area contributed by atoms with Gasteiger partial charge in [0.15, 0.2) is 0 Å². The van der Waals surface area contributed by atoms with Gasteiger partial charge in [-0.15, -0.1) is 12.4 Å². The molecule has 4 nitrogen and oxygen atoms in total. The molecule has 3 unspecified atom stereocenters. The Morgan fingerprint density at radius 1 is 1.37 bits per heavy atom. The highest BCUT2D eigenvalue weighted by atomic mass is 35.5. The molecule has 0 aromatic carbocycles. The number of nitrogens with one attached hydrogen (secondary N) is 2. The van der Waals surface area contributed by atoms with Crippen molar-refractivity contribution in [3.05, 3.63) is 0 Å². The van der Waals surface area contributed by atoms with Crippen molar-refractivity contribution in [1.29, 1.82) is 0 Å². The largest absolute Gasteiger partial charge is 0.378 e. The summed E-state index contributed by atoms with van der Waals surface area (Å²) >= 11 is 0. The minimum absolute atomic E-state index is 0. The second-order valence-electron chi connectivity index (χ2n) is 5.67. The molecule has 2 saturated heterocycles. The van der Waals surface area contributed by atoms with E-state index in [1.54, 1.807) is 0 Å². The normalized spacial score (nSPS) is 31.3. The number of piperidine rings is 1. The molecule has 2 fully saturated rings. The molecule has 3 atom stereocenters. The van der Waals surface area contributed by atoms with Gasteiger partial charge >= 0.3 is 0 Å². The number of amides is 1. The zero-order valence-electron chi connectivity index (χ0n) is 11.8. The Balaban J connectivity index is 0.00000180. The van der Waals surface area contributed by atoms with Crippen LogP contribution in [0.1, 0.15) is 45.4 Å². The summed E-state index contributed by atoms with van der Waals surface area (Å²) in [6.45, 7) is 5.07. The van der Waals surface area contributed by atoms with E-state index in [4.69, 9.17) is 4.74 Å². The Bertz CT molecular complexity index is 270. The van der Waals surface area contributed by atoms with E-state index in [0.29, 0.717) is 24.5 Å². The summed E-state index contributed by atoms with van der Waals surface area (Å²) in [5.74, 6) is 0.769. The Morgan fingerprint density at radius 3 is 2.89 bits per heavy atom. The van der Waals surface area contributed by atoms with E-state index in [-0.39, 0.29) is 18.3 Å². The highest BCUT2D eigenvalue weighted by molar-refractivity contribution is 5.85. The molecule has 0 spiro atoms. The average Bonchev–Trinajstić information content (AvgIpc) is 2.40. The first-order valence-corrected chi connectivity index (χ1v) is 7.37. The average molecular weight is 291 g/mol. The Hall–Kier alpha value is -0.320. The molecule has 1 amide bonds. The standard InChI is InChI=1S/C14H26N2O2.ClH/c1-11-7-8-15-10-13(11)16-14(17)6-5-12-4-2-3-9-18-12;/h11-13,15H,2-10H2,1H3,(H,16,17);1H. The minimum atomic E-state index is 0. The predicted molar refractivity (Wildman–Crippen MR) is 78.7 cm³/mol. The lowest BCUT2D eigenvalue weighted by molar-refractivity contribution is -0.123. The molecule has 2 rings (SSSR count). The van der Waals surface area contributed by atoms with Crippen molar-refractivity contribution in [3.63, 3.8) is 0 Å². The number of hydrogen-bond acceptors (Lipinski definition) is 3. The van der Waals surface area contributed by atoms with Crippen LogP contribution in [0.25, 0.3) is 0 Å². The van der Waals surface area contributed by atoms with Gasteiger partial charge in [0.1, 0.15) is 0 Å². The van der Waals surface area contributed by atoms with Gasteiger partial charge in [-0.25, -0.2) is 0 Å². The molecule has 0 aromatic rings. The second kappa shape index (κ2) is 8.77. The first kappa shape index (κ1) is 16.7. The van der Waals surface area contributed by atoms with Crippen molar-refractivity contribution in [3.8, 4) is 0 Å². The molecule has 112 valence electrons. The summed E-state index contributed by atoms with van der Waals surface area (Å²) < 4.78 is 5.65. The van der Waals surface area contributed by atoms with Crippen LogP contribution in [0.4, 0.5) is 0 Å². The molecule has 5 heteroatoms. The van der Waals surface area contributed by atoms with Crippen LogP contribution < -0.4 is 10.6 Å². The minimum Gasteiger partial charge on any atom is -0.378 e. The van der Waals surface area contributed by atoms with E-state index in [9.17, 15) is 4.79 Å². The van der Waals surface area contributed by atoms with Gasteiger partial charge in [0.05, 0.1) is 6.10 Å². The maximum Gasteiger partial charge on any atom is 0.220 e. The van der Waals surface area contributed by atoms with E-state index in [1.807, 2.05) is 0 Å². The van der Waals surface area contributed by atoms with E-state index < -0.39 is 0 Å². The van der Waals surface area contributed by atoms with Crippen molar-refractivity contribution in [2.75, 3.05) is 19.7 Å². The van der Waals surface area contributed by atoms with Crippen molar-refractivity contribution >= 4 is 18.3 Å². The zero-order chi connectivity index (χ0) is 12.8. The second-order valence-corrected chi connectivity index (χ2v) is 5.67. The van der Waals surface area contributed by atoms with Crippen molar-refractivity contribution < 1.29 is 9.53 Å². The smallest absolute Gasteiger partial charge is 0.220 e. The Morgan fingerprint density at radius 2 is 2.21 bits per heavy atom. The maximum atomic E-state index is 11.9. The molecule has 0 radical (unpaired) electrons. The summed E-state index contributed by atoms with van der Waals surface area (Å²) in [6.07, 6.45) is 6.48. The lowest BCUT2D eigenvalue weighted by atomic mass is 9.94. The maximum absolute atomic E-state index is 11.9. The third kappa shape index (κ3) is 5.67. The van der Waals surface area contributed by atoms with Crippen LogP contribution in [-0.2, 0) is 9.53 Å². The number of carbonyl (C=O) groups excluding carboxylic acids is 1. The lowest BCUT2D eigenvalue weighted by Crippen LogP contribution is -2.50. The van der Waals surface area contributed by atoms with E-state index >= 15 is 0 Å². The molecule has 0 saturated carbocycles. The quantitative estimate of drug-likeness (QED) is 0.831. The topological polar surface area (TPSA) is 50.4 Å². The number of ether oxygens (including phenoxy) is 1. The first-order valence-electron chi connectivity index (χ1n) is 7.37. The van der Waals surface area contributed by atoms with Gasteiger partial charge in [0.25, 0.3) is 0 Å². The molecule has 19 heavy (non-hydrogen) atoms. The fourth-order valence-corrected chi connectivity index (χ4v) is 2.79. The first-order chi connectivity index (χ1) is 8.75. The van der Waals surface area contributed by atoms with Crippen LogP contribution in [-0.4, -0.2) is 37.7 Å². The van der Waals surface area contributed by atoms with Gasteiger partial charge in [0.2, 0.25) is 5.91 Å². The van der Waals surface area contributed by atoms with Crippen LogP contribution in [0.2, 0.25) is 0 Å². The highest BCUT2D eigenvalue weighted by Crippen LogP contribution is 2.17. The van der Waals surface area contributed by atoms with E-state index in [2.05, 4.69) is 17.6 Å². The van der Waals surface area contributed by atoms with Gasteiger partial charge in [-0.05, 0) is 44.6 Å². The molecule has 2 aliphatic rings. The SMILES string of the molecule is CC1CCNCC1NC(=O)CCC1CCCCO1.Cl. The molecule has 0 bridgehead atoms. The summed E-state index contributed by atoms with van der Waals surface area (Å²) in [5, 5.41) is 6.49. The summed E-state index contributed by atoms with van der Waals surface area (Å²) in [6, 6.07) is 0.304. The summed E-state index contributed by atoms with van der Waals surface area (Å²) in [7, 11) is 0. The monoisotopic (exact) mass is 290 g/mol. The highest BCUT2D eigenvalue weighted by Gasteiger charge is 2.23. The molecular weight excluding hydrogens is 264 g/mol. The lowest BCUT2D eigenvalue weighted by Gasteiger charge is -2.30. The van der Waals surface area contributed by atoms with E-state index in [1.165, 1.54) is 12.8 Å². The molecule has 2 aliphatic heterocycles. The van der Waals surface area contributed by atoms with Crippen molar-refractivity contribution in [2.24, 2.45) is 5.92 Å². The fourth-order valence-electron chi connectivity index (χ4n) is 2.79. The molecular formula is C14H27ClN2O2. The van der Waals surface area contributed by atoms with Crippen LogP contribution in [0, 0.1) is 5.92 Å². The van der Waals surface area contributed by atoms with Gasteiger partial charge in [-0.1, -0.05) is 6.92 Å². The molecule has 2 heterocycles. The molecule has 0 aromatic heterocycles. The van der Waals surface area contributed by atoms with Gasteiger partial charge in [-0.3, -0.25) is 4.79 Å². The van der Waals surface area contributed by atoms with Crippen molar-refractivity contribution in [2.45, 2.75) is 57.6 Å². The van der Waals surface area contributed by atoms with Crippen LogP contribution >= 0.6 is 12.4 Å². The molecule has 2 N–H and O–H groups in total. The van der Waals surface area contributed by atoms with Gasteiger partial charge in [0, 0.05) is 25.6 Å². The Labute approximate surface area is 122 Å². The molecule has 0 aliphatic carbocycles. The summed E-state index contributed by atoms with van der Waals surface area (Å²) in [4.78, 5) is 11.9. The number of carbonyl (C=O) groups is 1. The third-order valence-electron chi connectivity index (χ3n) is 4.14. The van der Waals surface area contributed by atoms with Crippen LogP contribution in [0.5, 0.6) is 0 Å². The zero-order valence-corrected chi connectivity index (χ0v) is 12.6. The van der Waals surface area contributed by atoms with E-state index in [0.717, 1.165) is 39.0 Å². The summed E-state index contributed by atoms with van der Waals surface area (Å²) in [5.41, 5.74) is 0. The van der Waals surface area contributed by atoms with Gasteiger partial charge < -0.3 is 15.4 Å². The fraction of sp³-hybridized carbons (Fsp3) is 0.929. The van der Waals surface area contributed by atoms with Crippen LogP contribution in [0.3, 0.4) is 0 Å². The third-order valence-corrected chi connectivity index (χ3v) is 4.14. The Kier molecular flexibility index (Phi) is 7.73.